The molecule has 0 spiro atoms. The van der Waals surface area contributed by atoms with E-state index in [1.54, 1.807) is 0 Å². The Morgan fingerprint density at radius 3 is 1.91 bits per heavy atom. The van der Waals surface area contributed by atoms with Gasteiger partial charge in [-0.25, -0.2) is 0 Å². The quantitative estimate of drug-likeness (QED) is 0.586. The van der Waals surface area contributed by atoms with Gasteiger partial charge in [0.15, 0.2) is 0 Å². The fraction of sp³-hybridized carbons (Fsp3) is 1.00. The van der Waals surface area contributed by atoms with E-state index in [0.717, 1.165) is 24.9 Å². The van der Waals surface area contributed by atoms with Crippen LogP contribution in [-0.2, 0) is 4.57 Å². The zero-order valence-electron chi connectivity index (χ0n) is 8.26. The fourth-order valence-corrected chi connectivity index (χ4v) is 3.10. The minimum atomic E-state index is -1.74. The predicted octanol–water partition coefficient (Wildman–Crippen LogP) is 3.44. The molecule has 0 bridgehead atoms. The van der Waals surface area contributed by atoms with Crippen molar-refractivity contribution < 1.29 is 4.57 Å². The average Bonchev–Trinajstić information content (AvgIpc) is 2.00. The molecule has 0 heterocycles. The van der Waals surface area contributed by atoms with Gasteiger partial charge in [0, 0.05) is 6.16 Å². The van der Waals surface area contributed by atoms with Crippen LogP contribution in [0, 0.1) is 5.92 Å². The average molecular weight is 176 g/mol. The largest absolute Gasteiger partial charge is 0.324 e. The van der Waals surface area contributed by atoms with Gasteiger partial charge in [-0.15, -0.1) is 0 Å². The molecule has 0 aromatic heterocycles. The Balaban J connectivity index is 3.79. The monoisotopic (exact) mass is 176 g/mol. The lowest BCUT2D eigenvalue weighted by Crippen LogP contribution is -1.99. The summed E-state index contributed by atoms with van der Waals surface area (Å²) in [7, 11) is -1.74. The van der Waals surface area contributed by atoms with Crippen LogP contribution >= 0.6 is 7.14 Å². The van der Waals surface area contributed by atoms with Crippen molar-refractivity contribution in [2.24, 2.45) is 5.92 Å². The summed E-state index contributed by atoms with van der Waals surface area (Å²) in [6.07, 6.45) is 3.85. The van der Waals surface area contributed by atoms with E-state index in [4.69, 9.17) is 0 Å². The maximum Gasteiger partial charge on any atom is 0.0872 e. The predicted molar refractivity (Wildman–Crippen MR) is 53.0 cm³/mol. The minimum Gasteiger partial charge on any atom is -0.324 e. The topological polar surface area (TPSA) is 17.1 Å². The highest BCUT2D eigenvalue weighted by molar-refractivity contribution is 7.63. The van der Waals surface area contributed by atoms with Crippen LogP contribution in [0.3, 0.4) is 0 Å². The highest BCUT2D eigenvalue weighted by Crippen LogP contribution is 2.45. The van der Waals surface area contributed by atoms with E-state index in [2.05, 4.69) is 13.8 Å². The first-order valence-corrected chi connectivity index (χ1v) is 6.87. The summed E-state index contributed by atoms with van der Waals surface area (Å²) in [5.74, 6) is 0.696. The van der Waals surface area contributed by atoms with Crippen LogP contribution in [0.5, 0.6) is 0 Å². The second-order valence-corrected chi connectivity index (χ2v) is 7.43. The summed E-state index contributed by atoms with van der Waals surface area (Å²) < 4.78 is 11.9. The maximum absolute atomic E-state index is 11.9. The molecule has 0 saturated carbocycles. The van der Waals surface area contributed by atoms with Crippen LogP contribution in [-0.4, -0.2) is 18.5 Å². The van der Waals surface area contributed by atoms with E-state index in [-0.39, 0.29) is 0 Å². The highest BCUT2D eigenvalue weighted by Gasteiger charge is 2.16. The van der Waals surface area contributed by atoms with Gasteiger partial charge in [0.1, 0.15) is 0 Å². The number of hydrogen-bond donors (Lipinski definition) is 0. The van der Waals surface area contributed by atoms with E-state index < -0.39 is 7.14 Å². The zero-order chi connectivity index (χ0) is 8.91. The second-order valence-electron chi connectivity index (χ2n) is 3.60. The summed E-state index contributed by atoms with van der Waals surface area (Å²) >= 11 is 0. The zero-order valence-corrected chi connectivity index (χ0v) is 9.16. The van der Waals surface area contributed by atoms with Crippen molar-refractivity contribution in [2.75, 3.05) is 18.5 Å². The van der Waals surface area contributed by atoms with Crippen LogP contribution in [0.25, 0.3) is 0 Å². The SMILES string of the molecule is CCP(=O)(CC)CCC(C)C. The van der Waals surface area contributed by atoms with Crippen molar-refractivity contribution in [3.8, 4) is 0 Å². The molecular weight excluding hydrogens is 155 g/mol. The molecule has 0 fully saturated rings. The van der Waals surface area contributed by atoms with Crippen molar-refractivity contribution in [3.63, 3.8) is 0 Å². The Bertz CT molecular complexity index is 132. The lowest BCUT2D eigenvalue weighted by molar-refractivity contribution is 0.562. The summed E-state index contributed by atoms with van der Waals surface area (Å²) in [6, 6.07) is 0. The molecule has 0 atom stereocenters. The molecule has 68 valence electrons. The molecule has 0 rings (SSSR count). The van der Waals surface area contributed by atoms with Crippen LogP contribution in [0.4, 0.5) is 0 Å². The third-order valence-corrected chi connectivity index (χ3v) is 5.65. The van der Waals surface area contributed by atoms with Crippen LogP contribution in [0.1, 0.15) is 34.1 Å². The second kappa shape index (κ2) is 4.98. The van der Waals surface area contributed by atoms with E-state index >= 15 is 0 Å². The van der Waals surface area contributed by atoms with E-state index in [1.165, 1.54) is 0 Å². The molecule has 0 aromatic rings. The molecule has 0 amide bonds. The molecule has 0 aliphatic heterocycles. The van der Waals surface area contributed by atoms with Gasteiger partial charge in [0.2, 0.25) is 0 Å². The fourth-order valence-electron chi connectivity index (χ4n) is 1.03. The van der Waals surface area contributed by atoms with Crippen LogP contribution in [0.2, 0.25) is 0 Å². The standard InChI is InChI=1S/C9H21OP/c1-5-11(10,6-2)8-7-9(3)4/h9H,5-8H2,1-4H3. The summed E-state index contributed by atoms with van der Waals surface area (Å²) in [5.41, 5.74) is 0. The molecule has 11 heavy (non-hydrogen) atoms. The third kappa shape index (κ3) is 4.63. The summed E-state index contributed by atoms with van der Waals surface area (Å²) in [4.78, 5) is 0. The van der Waals surface area contributed by atoms with Crippen LogP contribution in [0.15, 0.2) is 0 Å². The van der Waals surface area contributed by atoms with Gasteiger partial charge in [-0.2, -0.15) is 0 Å². The molecule has 1 nitrogen and oxygen atoms in total. The molecule has 0 aliphatic carbocycles. The minimum absolute atomic E-state index is 0.696. The first-order valence-electron chi connectivity index (χ1n) is 4.61. The summed E-state index contributed by atoms with van der Waals surface area (Å²) in [6.45, 7) is 8.47. The van der Waals surface area contributed by atoms with Crippen molar-refractivity contribution in [3.05, 3.63) is 0 Å². The highest BCUT2D eigenvalue weighted by atomic mass is 31.2. The van der Waals surface area contributed by atoms with Crippen LogP contribution < -0.4 is 0 Å². The Morgan fingerprint density at radius 1 is 1.18 bits per heavy atom. The molecule has 0 aliphatic rings. The van der Waals surface area contributed by atoms with E-state index in [1.807, 2.05) is 13.8 Å². The molecule has 0 unspecified atom stereocenters. The Labute approximate surface area is 70.9 Å². The first-order chi connectivity index (χ1) is 5.04. The Kier molecular flexibility index (Phi) is 5.08. The van der Waals surface area contributed by atoms with Gasteiger partial charge in [-0.1, -0.05) is 27.7 Å². The maximum atomic E-state index is 11.9. The van der Waals surface area contributed by atoms with Gasteiger partial charge in [0.05, 0.1) is 7.14 Å². The molecule has 2 heteroatoms. The smallest absolute Gasteiger partial charge is 0.0872 e. The number of hydrogen-bond acceptors (Lipinski definition) is 1. The van der Waals surface area contributed by atoms with Crippen molar-refractivity contribution in [1.82, 2.24) is 0 Å². The van der Waals surface area contributed by atoms with Gasteiger partial charge >= 0.3 is 0 Å². The first kappa shape index (κ1) is 11.2. The lowest BCUT2D eigenvalue weighted by Gasteiger charge is -2.14. The lowest BCUT2D eigenvalue weighted by atomic mass is 10.2. The molecular formula is C9H21OP. The Morgan fingerprint density at radius 2 is 1.64 bits per heavy atom. The number of rotatable bonds is 5. The summed E-state index contributed by atoms with van der Waals surface area (Å²) in [5, 5.41) is 0. The van der Waals surface area contributed by atoms with Gasteiger partial charge < -0.3 is 4.57 Å². The third-order valence-electron chi connectivity index (χ3n) is 2.27. The van der Waals surface area contributed by atoms with Gasteiger partial charge in [-0.05, 0) is 24.7 Å². The van der Waals surface area contributed by atoms with Crippen molar-refractivity contribution >= 4 is 7.14 Å². The Hall–Kier alpha value is 0.230. The van der Waals surface area contributed by atoms with Gasteiger partial charge in [-0.3, -0.25) is 0 Å². The normalized spacial score (nSPS) is 12.5. The van der Waals surface area contributed by atoms with Crippen molar-refractivity contribution in [2.45, 2.75) is 34.1 Å². The van der Waals surface area contributed by atoms with Crippen molar-refractivity contribution in [1.29, 1.82) is 0 Å². The molecule has 0 N–H and O–H groups in total. The molecule has 0 saturated heterocycles. The molecule has 0 radical (unpaired) electrons. The van der Waals surface area contributed by atoms with E-state index in [9.17, 15) is 4.57 Å². The van der Waals surface area contributed by atoms with Gasteiger partial charge in [0.25, 0.3) is 0 Å². The molecule has 0 aromatic carbocycles. The van der Waals surface area contributed by atoms with E-state index in [0.29, 0.717) is 5.92 Å².